The highest BCUT2D eigenvalue weighted by Crippen LogP contribution is 2.40. The summed E-state index contributed by atoms with van der Waals surface area (Å²) < 4.78 is 6.39. The number of nitrogens with two attached hydrogens (primary N) is 1. The van der Waals surface area contributed by atoms with Crippen LogP contribution in [0.3, 0.4) is 0 Å². The average molecular weight is 416 g/mol. The van der Waals surface area contributed by atoms with Crippen LogP contribution in [0, 0.1) is 5.92 Å². The number of hydroxylamine groups is 2. The molecule has 2 aromatic rings. The van der Waals surface area contributed by atoms with Crippen molar-refractivity contribution in [3.63, 3.8) is 0 Å². The van der Waals surface area contributed by atoms with Gasteiger partial charge in [0.1, 0.15) is 11.3 Å². The van der Waals surface area contributed by atoms with Gasteiger partial charge >= 0.3 is 0 Å². The normalized spacial score (nSPS) is 27.0. The van der Waals surface area contributed by atoms with Crippen LogP contribution in [0.4, 0.5) is 0 Å². The Morgan fingerprint density at radius 2 is 2.00 bits per heavy atom. The fourth-order valence-electron chi connectivity index (χ4n) is 5.38. The van der Waals surface area contributed by atoms with Gasteiger partial charge in [0.05, 0.1) is 23.2 Å². The smallest absolute Gasteiger partial charge is 0.250 e. The summed E-state index contributed by atoms with van der Waals surface area (Å²) in [6.07, 6.45) is 2.66. The summed E-state index contributed by atoms with van der Waals surface area (Å²) in [5.74, 6) is 0.662. The molecular formula is C22H33N5O3. The molecule has 164 valence electrons. The summed E-state index contributed by atoms with van der Waals surface area (Å²) in [5, 5.41) is 15.5. The number of imidazole rings is 1. The number of primary amides is 1. The molecule has 4 rings (SSSR count). The van der Waals surface area contributed by atoms with Crippen LogP contribution >= 0.6 is 0 Å². The number of fused-ring (bicyclic) bond motifs is 1. The predicted octanol–water partition coefficient (Wildman–Crippen LogP) is 2.74. The molecule has 2 unspecified atom stereocenters. The zero-order valence-corrected chi connectivity index (χ0v) is 18.2. The van der Waals surface area contributed by atoms with E-state index in [2.05, 4.69) is 43.0 Å². The van der Waals surface area contributed by atoms with E-state index in [1.807, 2.05) is 6.07 Å². The van der Waals surface area contributed by atoms with E-state index in [0.717, 1.165) is 37.1 Å². The molecule has 1 aromatic carbocycles. The van der Waals surface area contributed by atoms with Crippen LogP contribution in [0.15, 0.2) is 18.2 Å². The topological polar surface area (TPSA) is 116 Å². The van der Waals surface area contributed by atoms with Crippen LogP contribution in [-0.4, -0.2) is 56.5 Å². The molecule has 2 atom stereocenters. The number of hydrogen-bond donors (Lipinski definition) is 4. The van der Waals surface area contributed by atoms with Crippen LogP contribution in [0.2, 0.25) is 0 Å². The van der Waals surface area contributed by atoms with Gasteiger partial charge in [0.2, 0.25) is 0 Å². The Bertz CT molecular complexity index is 920. The van der Waals surface area contributed by atoms with Crippen LogP contribution < -0.4 is 11.1 Å². The third kappa shape index (κ3) is 3.85. The molecule has 5 N–H and O–H groups in total. The maximum absolute atomic E-state index is 11.7. The molecule has 0 aliphatic carbocycles. The zero-order chi connectivity index (χ0) is 21.7. The number of hydrogen-bond acceptors (Lipinski definition) is 6. The van der Waals surface area contributed by atoms with Gasteiger partial charge in [0, 0.05) is 17.7 Å². The van der Waals surface area contributed by atoms with Gasteiger partial charge in [-0.3, -0.25) is 4.79 Å². The van der Waals surface area contributed by atoms with Crippen molar-refractivity contribution >= 4 is 16.9 Å². The Morgan fingerprint density at radius 1 is 1.30 bits per heavy atom. The Morgan fingerprint density at radius 3 is 2.67 bits per heavy atom. The molecule has 1 aromatic heterocycles. The van der Waals surface area contributed by atoms with Crippen LogP contribution in [0.25, 0.3) is 11.0 Å². The second kappa shape index (κ2) is 7.60. The first kappa shape index (κ1) is 21.2. The third-order valence-electron chi connectivity index (χ3n) is 6.53. The van der Waals surface area contributed by atoms with Gasteiger partial charge in [-0.15, -0.1) is 0 Å². The first-order chi connectivity index (χ1) is 14.1. The molecule has 8 nitrogen and oxygen atoms in total. The number of benzene rings is 1. The van der Waals surface area contributed by atoms with Crippen molar-refractivity contribution in [3.8, 4) is 0 Å². The summed E-state index contributed by atoms with van der Waals surface area (Å²) in [6.45, 7) is 9.80. The number of ether oxygens (including phenoxy) is 1. The first-order valence-electron chi connectivity index (χ1n) is 10.7. The lowest BCUT2D eigenvalue weighted by Gasteiger charge is -2.51. The second-order valence-corrected chi connectivity index (χ2v) is 9.99. The van der Waals surface area contributed by atoms with Crippen molar-refractivity contribution in [2.45, 2.75) is 70.2 Å². The lowest BCUT2D eigenvalue weighted by molar-refractivity contribution is -0.254. The third-order valence-corrected chi connectivity index (χ3v) is 6.53. The molecular weight excluding hydrogens is 382 g/mol. The van der Waals surface area contributed by atoms with Gasteiger partial charge < -0.3 is 26.0 Å². The van der Waals surface area contributed by atoms with Crippen molar-refractivity contribution in [2.75, 3.05) is 13.2 Å². The summed E-state index contributed by atoms with van der Waals surface area (Å²) in [6, 6.07) is 5.34. The predicted molar refractivity (Wildman–Crippen MR) is 114 cm³/mol. The number of H-pyrrole nitrogens is 1. The van der Waals surface area contributed by atoms with E-state index in [1.54, 1.807) is 12.1 Å². The molecule has 3 heterocycles. The van der Waals surface area contributed by atoms with E-state index in [1.165, 1.54) is 5.06 Å². The maximum atomic E-state index is 11.7. The summed E-state index contributed by atoms with van der Waals surface area (Å²) in [7, 11) is 0. The number of para-hydroxylation sites is 1. The summed E-state index contributed by atoms with van der Waals surface area (Å²) in [5.41, 5.74) is 6.75. The van der Waals surface area contributed by atoms with Crippen LogP contribution in [-0.2, 0) is 4.74 Å². The van der Waals surface area contributed by atoms with Crippen molar-refractivity contribution in [1.82, 2.24) is 20.3 Å². The minimum atomic E-state index is -0.480. The number of aromatic nitrogens is 2. The number of aromatic amines is 1. The van der Waals surface area contributed by atoms with E-state index >= 15 is 0 Å². The lowest BCUT2D eigenvalue weighted by Crippen LogP contribution is -2.59. The SMILES string of the molecule is CC1(C)CC(COC2CCNC2c2nc3c(C(N)=O)cccc3[nH]2)CC(C)(C)N1O. The number of rotatable bonds is 5. The average Bonchev–Trinajstić information content (AvgIpc) is 3.29. The Labute approximate surface area is 177 Å². The largest absolute Gasteiger partial charge is 0.376 e. The highest BCUT2D eigenvalue weighted by Gasteiger charge is 2.45. The van der Waals surface area contributed by atoms with Gasteiger partial charge in [0.25, 0.3) is 5.91 Å². The summed E-state index contributed by atoms with van der Waals surface area (Å²) in [4.78, 5) is 19.7. The number of carbonyl (C=O) groups excluding carboxylic acids is 1. The lowest BCUT2D eigenvalue weighted by atomic mass is 9.75. The van der Waals surface area contributed by atoms with Gasteiger partial charge in [-0.05, 0) is 71.6 Å². The molecule has 2 aliphatic heterocycles. The van der Waals surface area contributed by atoms with E-state index < -0.39 is 5.91 Å². The zero-order valence-electron chi connectivity index (χ0n) is 18.2. The number of nitrogens with zero attached hydrogens (tertiary/aromatic N) is 2. The quantitative estimate of drug-likeness (QED) is 0.597. The number of amides is 1. The number of nitrogens with one attached hydrogen (secondary N) is 2. The van der Waals surface area contributed by atoms with Crippen molar-refractivity contribution in [2.24, 2.45) is 11.7 Å². The molecule has 0 saturated carbocycles. The number of piperidine rings is 1. The minimum absolute atomic E-state index is 0.000899. The standard InChI is InChI=1S/C22H33N5O3/c1-21(2)10-13(11-22(3,4)27(21)29)12-30-16-8-9-24-18(16)20-25-15-7-5-6-14(19(23)28)17(15)26-20/h5-7,13,16,18,24,29H,8-12H2,1-4H3,(H2,23,28)(H,25,26). The van der Waals surface area contributed by atoms with Crippen molar-refractivity contribution in [1.29, 1.82) is 0 Å². The summed E-state index contributed by atoms with van der Waals surface area (Å²) >= 11 is 0. The molecule has 2 fully saturated rings. The van der Waals surface area contributed by atoms with Gasteiger partial charge in [-0.2, -0.15) is 5.06 Å². The van der Waals surface area contributed by atoms with Crippen molar-refractivity contribution in [3.05, 3.63) is 29.6 Å². The monoisotopic (exact) mass is 415 g/mol. The van der Waals surface area contributed by atoms with E-state index in [9.17, 15) is 10.0 Å². The van der Waals surface area contributed by atoms with E-state index in [0.29, 0.717) is 23.6 Å². The molecule has 1 amide bonds. The molecule has 2 saturated heterocycles. The van der Waals surface area contributed by atoms with Crippen LogP contribution in [0.1, 0.15) is 69.2 Å². The van der Waals surface area contributed by atoms with E-state index in [-0.39, 0.29) is 23.2 Å². The highest BCUT2D eigenvalue weighted by atomic mass is 16.5. The molecule has 0 bridgehead atoms. The van der Waals surface area contributed by atoms with Crippen molar-refractivity contribution < 1.29 is 14.7 Å². The number of carbonyl (C=O) groups is 1. The maximum Gasteiger partial charge on any atom is 0.250 e. The van der Waals surface area contributed by atoms with E-state index in [4.69, 9.17) is 10.5 Å². The Balaban J connectivity index is 1.48. The molecule has 0 spiro atoms. The molecule has 8 heteroatoms. The highest BCUT2D eigenvalue weighted by molar-refractivity contribution is 6.04. The Kier molecular flexibility index (Phi) is 5.38. The molecule has 0 radical (unpaired) electrons. The van der Waals surface area contributed by atoms with Crippen LogP contribution in [0.5, 0.6) is 0 Å². The molecule has 2 aliphatic rings. The second-order valence-electron chi connectivity index (χ2n) is 9.99. The fourth-order valence-corrected chi connectivity index (χ4v) is 5.38. The Hall–Kier alpha value is -2.00. The van der Waals surface area contributed by atoms with Gasteiger partial charge in [0.15, 0.2) is 0 Å². The van der Waals surface area contributed by atoms with Gasteiger partial charge in [-0.25, -0.2) is 4.98 Å². The first-order valence-corrected chi connectivity index (χ1v) is 10.7. The van der Waals surface area contributed by atoms with Gasteiger partial charge in [-0.1, -0.05) is 6.07 Å². The molecule has 30 heavy (non-hydrogen) atoms. The fraction of sp³-hybridized carbons (Fsp3) is 0.636. The minimum Gasteiger partial charge on any atom is -0.376 e.